The maximum atomic E-state index is 12.8. The summed E-state index contributed by atoms with van der Waals surface area (Å²) < 4.78 is 2.97. The zero-order valence-electron chi connectivity index (χ0n) is 16.4. The van der Waals surface area contributed by atoms with E-state index in [2.05, 4.69) is 11.9 Å². The third kappa shape index (κ3) is 3.91. The Balaban J connectivity index is 1.68. The molecule has 4 rings (SSSR count). The summed E-state index contributed by atoms with van der Waals surface area (Å²) >= 11 is 12.2. The zero-order valence-corrected chi connectivity index (χ0v) is 17.9. The highest BCUT2D eigenvalue weighted by Crippen LogP contribution is 2.28. The average Bonchev–Trinajstić information content (AvgIpc) is 2.92. The van der Waals surface area contributed by atoms with Gasteiger partial charge in [-0.1, -0.05) is 30.1 Å². The monoisotopic (exact) mass is 432 g/mol. The normalized spacial score (nSPS) is 15.2. The van der Waals surface area contributed by atoms with Crippen LogP contribution in [0, 0.1) is 5.92 Å². The highest BCUT2D eigenvalue weighted by Gasteiger charge is 2.23. The van der Waals surface area contributed by atoms with Gasteiger partial charge >= 0.3 is 5.69 Å². The fourth-order valence-corrected chi connectivity index (χ4v) is 4.32. The Bertz CT molecular complexity index is 1120. The predicted octanol–water partition coefficient (Wildman–Crippen LogP) is 3.97. The number of carbonyl (C=O) groups excluding carboxylic acids is 1. The van der Waals surface area contributed by atoms with Crippen LogP contribution in [-0.4, -0.2) is 38.0 Å². The summed E-state index contributed by atoms with van der Waals surface area (Å²) in [6.07, 6.45) is 3.67. The number of piperidine rings is 1. The van der Waals surface area contributed by atoms with Crippen molar-refractivity contribution in [1.82, 2.24) is 19.0 Å². The molecule has 0 bridgehead atoms. The Hall–Kier alpha value is -2.31. The predicted molar refractivity (Wildman–Crippen MR) is 115 cm³/mol. The van der Waals surface area contributed by atoms with Gasteiger partial charge in [0, 0.05) is 41.9 Å². The number of imidazole rings is 1. The number of carbonyl (C=O) groups is 1. The topological polar surface area (TPSA) is 60.1 Å². The summed E-state index contributed by atoms with van der Waals surface area (Å²) in [5.41, 5.74) is 2.51. The van der Waals surface area contributed by atoms with Crippen molar-refractivity contribution in [1.29, 1.82) is 0 Å². The van der Waals surface area contributed by atoms with Crippen molar-refractivity contribution in [3.63, 3.8) is 0 Å². The van der Waals surface area contributed by atoms with Crippen LogP contribution in [0.3, 0.4) is 0 Å². The standard InChI is InChI=1S/C21H22Cl2N4O2/c1-13-3-5-26(6-4-13)19(28)12-27-20-18(25(2)21(27)29)9-15(11-24-20)14-7-16(22)10-17(23)8-14/h7-11,13H,3-6,12H2,1-2H3. The molecule has 3 aromatic rings. The smallest absolute Gasteiger partial charge is 0.330 e. The largest absolute Gasteiger partial charge is 0.341 e. The summed E-state index contributed by atoms with van der Waals surface area (Å²) in [7, 11) is 1.69. The molecule has 1 saturated heterocycles. The minimum absolute atomic E-state index is 0.000105. The number of aryl methyl sites for hydroxylation is 1. The summed E-state index contributed by atoms with van der Waals surface area (Å²) in [6, 6.07) is 7.13. The Morgan fingerprint density at radius 3 is 2.41 bits per heavy atom. The van der Waals surface area contributed by atoms with Crippen LogP contribution in [0.25, 0.3) is 22.3 Å². The van der Waals surface area contributed by atoms with E-state index in [0.29, 0.717) is 27.1 Å². The first-order valence-electron chi connectivity index (χ1n) is 9.63. The minimum atomic E-state index is -0.257. The molecule has 1 fully saturated rings. The van der Waals surface area contributed by atoms with Gasteiger partial charge in [-0.3, -0.25) is 13.9 Å². The quantitative estimate of drug-likeness (QED) is 0.628. The van der Waals surface area contributed by atoms with Crippen LogP contribution < -0.4 is 5.69 Å². The van der Waals surface area contributed by atoms with Crippen molar-refractivity contribution < 1.29 is 4.79 Å². The Morgan fingerprint density at radius 1 is 1.10 bits per heavy atom. The van der Waals surface area contributed by atoms with E-state index in [4.69, 9.17) is 23.2 Å². The first-order valence-corrected chi connectivity index (χ1v) is 10.4. The number of pyridine rings is 1. The highest BCUT2D eigenvalue weighted by atomic mass is 35.5. The molecule has 8 heteroatoms. The van der Waals surface area contributed by atoms with Crippen LogP contribution in [0.2, 0.25) is 10.0 Å². The Kier molecular flexibility index (Phi) is 5.40. The summed E-state index contributed by atoms with van der Waals surface area (Å²) in [5.74, 6) is 0.596. The third-order valence-electron chi connectivity index (χ3n) is 5.61. The summed E-state index contributed by atoms with van der Waals surface area (Å²) in [5, 5.41) is 1.06. The van der Waals surface area contributed by atoms with E-state index in [1.165, 1.54) is 9.13 Å². The number of halogens is 2. The van der Waals surface area contributed by atoms with E-state index >= 15 is 0 Å². The molecule has 1 aliphatic rings. The fourth-order valence-electron chi connectivity index (χ4n) is 3.79. The van der Waals surface area contributed by atoms with Gasteiger partial charge in [0.25, 0.3) is 0 Å². The number of aromatic nitrogens is 3. The molecule has 1 aromatic carbocycles. The summed E-state index contributed by atoms with van der Waals surface area (Å²) in [6.45, 7) is 3.69. The van der Waals surface area contributed by atoms with E-state index < -0.39 is 0 Å². The molecule has 152 valence electrons. The molecule has 3 heterocycles. The van der Waals surface area contributed by atoms with Crippen molar-refractivity contribution in [3.8, 4) is 11.1 Å². The van der Waals surface area contributed by atoms with E-state index in [9.17, 15) is 9.59 Å². The number of hydrogen-bond donors (Lipinski definition) is 0. The number of likely N-dealkylation sites (tertiary alicyclic amines) is 1. The number of fused-ring (bicyclic) bond motifs is 1. The molecule has 0 radical (unpaired) electrons. The number of hydrogen-bond acceptors (Lipinski definition) is 3. The van der Waals surface area contributed by atoms with E-state index in [0.717, 1.165) is 37.1 Å². The van der Waals surface area contributed by atoms with Crippen molar-refractivity contribution in [2.24, 2.45) is 13.0 Å². The van der Waals surface area contributed by atoms with E-state index in [1.807, 2.05) is 11.0 Å². The number of rotatable bonds is 3. The molecule has 0 aliphatic carbocycles. The van der Waals surface area contributed by atoms with E-state index in [-0.39, 0.29) is 18.1 Å². The maximum absolute atomic E-state index is 12.8. The molecule has 2 aromatic heterocycles. The first-order chi connectivity index (χ1) is 13.8. The van der Waals surface area contributed by atoms with Crippen LogP contribution in [-0.2, 0) is 18.4 Å². The van der Waals surface area contributed by atoms with Crippen molar-refractivity contribution in [3.05, 3.63) is 51.0 Å². The van der Waals surface area contributed by atoms with Gasteiger partial charge in [-0.2, -0.15) is 0 Å². The Morgan fingerprint density at radius 2 is 1.76 bits per heavy atom. The van der Waals surface area contributed by atoms with Gasteiger partial charge in [-0.05, 0) is 48.6 Å². The molecule has 29 heavy (non-hydrogen) atoms. The molecule has 0 unspecified atom stereocenters. The lowest BCUT2D eigenvalue weighted by molar-refractivity contribution is -0.133. The van der Waals surface area contributed by atoms with Gasteiger partial charge in [-0.15, -0.1) is 0 Å². The number of benzene rings is 1. The Labute approximate surface area is 178 Å². The maximum Gasteiger partial charge on any atom is 0.330 e. The minimum Gasteiger partial charge on any atom is -0.341 e. The lowest BCUT2D eigenvalue weighted by atomic mass is 9.99. The van der Waals surface area contributed by atoms with Crippen LogP contribution in [0.15, 0.2) is 35.3 Å². The highest BCUT2D eigenvalue weighted by molar-refractivity contribution is 6.35. The van der Waals surface area contributed by atoms with Crippen LogP contribution in [0.4, 0.5) is 0 Å². The second-order valence-electron chi connectivity index (χ2n) is 7.72. The second-order valence-corrected chi connectivity index (χ2v) is 8.59. The van der Waals surface area contributed by atoms with Gasteiger partial charge in [0.2, 0.25) is 5.91 Å². The molecule has 0 N–H and O–H groups in total. The van der Waals surface area contributed by atoms with Gasteiger partial charge in [0.05, 0.1) is 5.52 Å². The third-order valence-corrected chi connectivity index (χ3v) is 6.04. The molecular formula is C21H22Cl2N4O2. The van der Waals surface area contributed by atoms with Gasteiger partial charge in [0.15, 0.2) is 5.65 Å². The van der Waals surface area contributed by atoms with Crippen molar-refractivity contribution in [2.45, 2.75) is 26.3 Å². The molecule has 0 atom stereocenters. The van der Waals surface area contributed by atoms with Crippen LogP contribution in [0.1, 0.15) is 19.8 Å². The number of amides is 1. The number of nitrogens with zero attached hydrogens (tertiary/aromatic N) is 4. The van der Waals surface area contributed by atoms with Gasteiger partial charge in [0.1, 0.15) is 6.54 Å². The molecule has 1 aliphatic heterocycles. The molecule has 0 saturated carbocycles. The lowest BCUT2D eigenvalue weighted by Crippen LogP contribution is -2.41. The summed E-state index contributed by atoms with van der Waals surface area (Å²) in [4.78, 5) is 31.9. The van der Waals surface area contributed by atoms with Crippen LogP contribution >= 0.6 is 23.2 Å². The second kappa shape index (κ2) is 7.84. The molecule has 6 nitrogen and oxygen atoms in total. The van der Waals surface area contributed by atoms with Crippen molar-refractivity contribution >= 4 is 40.3 Å². The van der Waals surface area contributed by atoms with E-state index in [1.54, 1.807) is 31.4 Å². The molecular weight excluding hydrogens is 411 g/mol. The molecule has 1 amide bonds. The molecule has 0 spiro atoms. The first kappa shape index (κ1) is 20.0. The van der Waals surface area contributed by atoms with Gasteiger partial charge in [-0.25, -0.2) is 9.78 Å². The SMILES string of the molecule is CC1CCN(C(=O)Cn2c(=O)n(C)c3cc(-c4cc(Cl)cc(Cl)c4)cnc32)CC1. The van der Waals surface area contributed by atoms with Crippen molar-refractivity contribution in [2.75, 3.05) is 13.1 Å². The lowest BCUT2D eigenvalue weighted by Gasteiger charge is -2.30. The van der Waals surface area contributed by atoms with Crippen LogP contribution in [0.5, 0.6) is 0 Å². The fraction of sp³-hybridized carbons (Fsp3) is 0.381. The van der Waals surface area contributed by atoms with Gasteiger partial charge < -0.3 is 4.90 Å². The average molecular weight is 433 g/mol. The zero-order chi connectivity index (χ0) is 20.7.